The lowest BCUT2D eigenvalue weighted by Crippen LogP contribution is -2.40. The van der Waals surface area contributed by atoms with Crippen molar-refractivity contribution in [2.45, 2.75) is 26.8 Å². The van der Waals surface area contributed by atoms with Crippen LogP contribution in [0.3, 0.4) is 0 Å². The van der Waals surface area contributed by atoms with E-state index in [4.69, 9.17) is 4.52 Å². The first-order valence-electron chi connectivity index (χ1n) is 6.54. The van der Waals surface area contributed by atoms with Crippen LogP contribution in [0.15, 0.2) is 4.52 Å². The predicted molar refractivity (Wildman–Crippen MR) is 70.1 cm³/mol. The Kier molecular flexibility index (Phi) is 4.08. The molecule has 1 aliphatic heterocycles. The molecule has 2 atom stereocenters. The van der Waals surface area contributed by atoms with E-state index in [2.05, 4.69) is 10.5 Å². The number of hydrogen-bond acceptors (Lipinski definition) is 5. The van der Waals surface area contributed by atoms with Crippen molar-refractivity contribution in [3.05, 3.63) is 17.0 Å². The molecule has 7 heteroatoms. The summed E-state index contributed by atoms with van der Waals surface area (Å²) in [7, 11) is 0. The van der Waals surface area contributed by atoms with Gasteiger partial charge < -0.3 is 19.8 Å². The molecule has 7 nitrogen and oxygen atoms in total. The molecule has 1 aromatic rings. The van der Waals surface area contributed by atoms with Gasteiger partial charge in [-0.3, -0.25) is 9.59 Å². The van der Waals surface area contributed by atoms with Crippen LogP contribution in [-0.4, -0.2) is 52.7 Å². The van der Waals surface area contributed by atoms with Gasteiger partial charge >= 0.3 is 0 Å². The number of rotatable bonds is 3. The lowest BCUT2D eigenvalue weighted by atomic mass is 10.1. The molecule has 0 unspecified atom stereocenters. The first-order chi connectivity index (χ1) is 9.43. The number of aromatic nitrogens is 1. The minimum Gasteiger partial charge on any atom is -0.396 e. The highest BCUT2D eigenvalue weighted by Crippen LogP contribution is 2.22. The second-order valence-corrected chi connectivity index (χ2v) is 5.16. The molecule has 1 saturated heterocycles. The van der Waals surface area contributed by atoms with E-state index >= 15 is 0 Å². The van der Waals surface area contributed by atoms with E-state index in [9.17, 15) is 14.7 Å². The molecular weight excluding hydrogens is 262 g/mol. The third-order valence-corrected chi connectivity index (χ3v) is 3.60. The maximum atomic E-state index is 12.5. The monoisotopic (exact) mass is 281 g/mol. The summed E-state index contributed by atoms with van der Waals surface area (Å²) < 4.78 is 5.00. The van der Waals surface area contributed by atoms with Crippen LogP contribution >= 0.6 is 0 Å². The van der Waals surface area contributed by atoms with Crippen LogP contribution in [0.5, 0.6) is 0 Å². The van der Waals surface area contributed by atoms with Crippen molar-refractivity contribution in [3.63, 3.8) is 0 Å². The zero-order valence-corrected chi connectivity index (χ0v) is 11.8. The molecule has 0 spiro atoms. The predicted octanol–water partition coefficient (Wildman–Crippen LogP) is -0.140. The maximum Gasteiger partial charge on any atom is 0.259 e. The van der Waals surface area contributed by atoms with E-state index in [0.29, 0.717) is 30.1 Å². The summed E-state index contributed by atoms with van der Waals surface area (Å²) in [5.41, 5.74) is 1.01. The first-order valence-corrected chi connectivity index (χ1v) is 6.54. The van der Waals surface area contributed by atoms with E-state index in [-0.39, 0.29) is 30.4 Å². The van der Waals surface area contributed by atoms with Gasteiger partial charge in [0.2, 0.25) is 5.91 Å². The molecule has 0 aromatic carbocycles. The lowest BCUT2D eigenvalue weighted by Gasteiger charge is -2.16. The van der Waals surface area contributed by atoms with E-state index in [1.807, 2.05) is 0 Å². The van der Waals surface area contributed by atoms with E-state index < -0.39 is 0 Å². The Hall–Kier alpha value is -1.89. The zero-order chi connectivity index (χ0) is 14.9. The van der Waals surface area contributed by atoms with Crippen LogP contribution in [0.25, 0.3) is 0 Å². The van der Waals surface area contributed by atoms with Crippen LogP contribution in [0.1, 0.15) is 28.7 Å². The minimum absolute atomic E-state index is 0.0731. The molecule has 0 aliphatic carbocycles. The van der Waals surface area contributed by atoms with Crippen LogP contribution in [0.2, 0.25) is 0 Å². The van der Waals surface area contributed by atoms with Crippen molar-refractivity contribution in [3.8, 4) is 0 Å². The highest BCUT2D eigenvalue weighted by Gasteiger charge is 2.37. The van der Waals surface area contributed by atoms with Gasteiger partial charge in [0.1, 0.15) is 11.3 Å². The standard InChI is InChI=1S/C13H19N3O4/c1-7-12(8(2)20-15-7)13(19)16-4-10(6-17)11(5-16)14-9(3)18/h10-11,17H,4-6H2,1-3H3,(H,14,18)/t10-,11+/m0/s1. The summed E-state index contributed by atoms with van der Waals surface area (Å²) in [6.07, 6.45) is 0. The summed E-state index contributed by atoms with van der Waals surface area (Å²) >= 11 is 0. The van der Waals surface area contributed by atoms with Crippen molar-refractivity contribution >= 4 is 11.8 Å². The normalized spacial score (nSPS) is 22.1. The highest BCUT2D eigenvalue weighted by molar-refractivity contribution is 5.96. The Labute approximate surface area is 116 Å². The quantitative estimate of drug-likeness (QED) is 0.804. The van der Waals surface area contributed by atoms with Gasteiger partial charge in [-0.25, -0.2) is 0 Å². The van der Waals surface area contributed by atoms with Gasteiger partial charge in [-0.2, -0.15) is 0 Å². The third-order valence-electron chi connectivity index (χ3n) is 3.60. The summed E-state index contributed by atoms with van der Waals surface area (Å²) in [5, 5.41) is 15.9. The van der Waals surface area contributed by atoms with Crippen molar-refractivity contribution in [1.82, 2.24) is 15.4 Å². The van der Waals surface area contributed by atoms with Gasteiger partial charge in [0.05, 0.1) is 11.7 Å². The maximum absolute atomic E-state index is 12.5. The Morgan fingerprint density at radius 1 is 1.45 bits per heavy atom. The number of nitrogens with zero attached hydrogens (tertiary/aromatic N) is 2. The molecule has 2 heterocycles. The van der Waals surface area contributed by atoms with Gasteiger partial charge in [-0.05, 0) is 13.8 Å². The first kappa shape index (κ1) is 14.5. The van der Waals surface area contributed by atoms with Gasteiger partial charge in [0.25, 0.3) is 5.91 Å². The van der Waals surface area contributed by atoms with Crippen LogP contribution in [0.4, 0.5) is 0 Å². The number of aliphatic hydroxyl groups excluding tert-OH is 1. The number of likely N-dealkylation sites (tertiary alicyclic amines) is 1. The number of nitrogens with one attached hydrogen (secondary N) is 1. The number of carbonyl (C=O) groups excluding carboxylic acids is 2. The van der Waals surface area contributed by atoms with Gasteiger partial charge in [0.15, 0.2) is 0 Å². The minimum atomic E-state index is -0.220. The smallest absolute Gasteiger partial charge is 0.259 e. The van der Waals surface area contributed by atoms with E-state index in [1.165, 1.54) is 6.92 Å². The highest BCUT2D eigenvalue weighted by atomic mass is 16.5. The summed E-state index contributed by atoms with van der Waals surface area (Å²) in [6.45, 7) is 5.55. The van der Waals surface area contributed by atoms with Crippen molar-refractivity contribution in [2.75, 3.05) is 19.7 Å². The molecule has 1 fully saturated rings. The van der Waals surface area contributed by atoms with E-state index in [0.717, 1.165) is 0 Å². The molecule has 0 saturated carbocycles. The van der Waals surface area contributed by atoms with Crippen LogP contribution < -0.4 is 5.32 Å². The van der Waals surface area contributed by atoms with Crippen LogP contribution in [-0.2, 0) is 4.79 Å². The van der Waals surface area contributed by atoms with Gasteiger partial charge in [-0.1, -0.05) is 5.16 Å². The molecule has 1 aliphatic rings. The fraction of sp³-hybridized carbons (Fsp3) is 0.615. The van der Waals surface area contributed by atoms with Gasteiger partial charge in [0, 0.05) is 32.5 Å². The summed E-state index contributed by atoms with van der Waals surface area (Å²) in [6, 6.07) is -0.220. The number of carbonyl (C=O) groups is 2. The summed E-state index contributed by atoms with van der Waals surface area (Å²) in [5.74, 6) is -0.00742. The Bertz CT molecular complexity index is 506. The molecular formula is C13H19N3O4. The van der Waals surface area contributed by atoms with Crippen molar-refractivity contribution in [2.24, 2.45) is 5.92 Å². The average molecular weight is 281 g/mol. The molecule has 1 aromatic heterocycles. The molecule has 0 bridgehead atoms. The number of aliphatic hydroxyl groups is 1. The lowest BCUT2D eigenvalue weighted by molar-refractivity contribution is -0.119. The molecule has 2 amide bonds. The van der Waals surface area contributed by atoms with Crippen molar-refractivity contribution < 1.29 is 19.2 Å². The number of hydrogen-bond donors (Lipinski definition) is 2. The Balaban J connectivity index is 2.15. The Morgan fingerprint density at radius 2 is 2.15 bits per heavy atom. The van der Waals surface area contributed by atoms with Crippen molar-refractivity contribution in [1.29, 1.82) is 0 Å². The Morgan fingerprint density at radius 3 is 2.65 bits per heavy atom. The largest absolute Gasteiger partial charge is 0.396 e. The third kappa shape index (κ3) is 2.67. The molecule has 2 rings (SSSR count). The summed E-state index contributed by atoms with van der Waals surface area (Å²) in [4.78, 5) is 25.2. The van der Waals surface area contributed by atoms with Crippen LogP contribution in [0, 0.1) is 19.8 Å². The second kappa shape index (κ2) is 5.62. The second-order valence-electron chi connectivity index (χ2n) is 5.16. The van der Waals surface area contributed by atoms with Gasteiger partial charge in [-0.15, -0.1) is 0 Å². The molecule has 2 N–H and O–H groups in total. The fourth-order valence-corrected chi connectivity index (χ4v) is 2.59. The number of amides is 2. The molecule has 110 valence electrons. The SMILES string of the molecule is CC(=O)N[C@@H]1CN(C(=O)c2c(C)noc2C)C[C@H]1CO. The molecule has 0 radical (unpaired) electrons. The van der Waals surface area contributed by atoms with E-state index in [1.54, 1.807) is 18.7 Å². The molecule has 20 heavy (non-hydrogen) atoms. The average Bonchev–Trinajstić information content (AvgIpc) is 2.92. The topological polar surface area (TPSA) is 95.7 Å². The zero-order valence-electron chi connectivity index (χ0n) is 11.8. The number of aryl methyl sites for hydroxylation is 2. The fourth-order valence-electron chi connectivity index (χ4n) is 2.59.